The van der Waals surface area contributed by atoms with Crippen LogP contribution in [0, 0.1) is 0 Å². The Morgan fingerprint density at radius 3 is 2.28 bits per heavy atom. The zero-order valence-corrected chi connectivity index (χ0v) is 17.4. The molecule has 1 saturated carbocycles. The first-order valence-electron chi connectivity index (χ1n) is 10.7. The lowest BCUT2D eigenvalue weighted by atomic mass is 10.1. The second-order valence-electron chi connectivity index (χ2n) is 8.08. The molecule has 0 atom stereocenters. The molecule has 2 aromatic rings. The lowest BCUT2D eigenvalue weighted by Gasteiger charge is -2.26. The van der Waals surface area contributed by atoms with Crippen molar-refractivity contribution in [3.8, 4) is 0 Å². The summed E-state index contributed by atoms with van der Waals surface area (Å²) in [6, 6.07) is 15.2. The Balaban J connectivity index is 1.72. The van der Waals surface area contributed by atoms with Crippen LogP contribution in [-0.2, 0) is 6.54 Å². The summed E-state index contributed by atoms with van der Waals surface area (Å²) in [4.78, 5) is 32.0. The maximum atomic E-state index is 13.1. The Hall–Kier alpha value is -2.69. The van der Waals surface area contributed by atoms with Gasteiger partial charge in [-0.2, -0.15) is 0 Å². The summed E-state index contributed by atoms with van der Waals surface area (Å²) >= 11 is 0. The van der Waals surface area contributed by atoms with Crippen LogP contribution in [0.2, 0.25) is 0 Å². The quantitative estimate of drug-likeness (QED) is 0.731. The molecule has 29 heavy (non-hydrogen) atoms. The number of rotatable bonds is 6. The molecule has 5 nitrogen and oxygen atoms in total. The molecule has 0 bridgehead atoms. The van der Waals surface area contributed by atoms with Crippen LogP contribution < -0.4 is 5.32 Å². The predicted octanol–water partition coefficient (Wildman–Crippen LogP) is 4.59. The monoisotopic (exact) mass is 393 g/mol. The van der Waals surface area contributed by atoms with Crippen molar-refractivity contribution in [2.24, 2.45) is 0 Å². The molecule has 0 radical (unpaired) electrons. The van der Waals surface area contributed by atoms with Crippen molar-refractivity contribution in [1.82, 2.24) is 15.2 Å². The molecule has 1 heterocycles. The fourth-order valence-electron chi connectivity index (χ4n) is 3.78. The van der Waals surface area contributed by atoms with Crippen LogP contribution in [0.25, 0.3) is 0 Å². The Bertz CT molecular complexity index is 812. The van der Waals surface area contributed by atoms with E-state index in [1.165, 1.54) is 12.8 Å². The van der Waals surface area contributed by atoms with Crippen LogP contribution >= 0.6 is 0 Å². The Morgan fingerprint density at radius 1 is 0.966 bits per heavy atom. The summed E-state index contributed by atoms with van der Waals surface area (Å²) in [5.41, 5.74) is 1.68. The van der Waals surface area contributed by atoms with Crippen LogP contribution in [0.3, 0.4) is 0 Å². The van der Waals surface area contributed by atoms with Gasteiger partial charge in [-0.25, -0.2) is 4.98 Å². The lowest BCUT2D eigenvalue weighted by Crippen LogP contribution is -2.38. The molecule has 5 heteroatoms. The Kier molecular flexibility index (Phi) is 7.39. The van der Waals surface area contributed by atoms with Gasteiger partial charge in [0, 0.05) is 18.6 Å². The molecule has 1 aromatic heterocycles. The highest BCUT2D eigenvalue weighted by molar-refractivity contribution is 5.96. The van der Waals surface area contributed by atoms with E-state index >= 15 is 0 Å². The van der Waals surface area contributed by atoms with Gasteiger partial charge in [-0.3, -0.25) is 9.59 Å². The van der Waals surface area contributed by atoms with Crippen molar-refractivity contribution in [3.05, 3.63) is 65.5 Å². The molecule has 0 aliphatic heterocycles. The first-order chi connectivity index (χ1) is 14.0. The molecule has 3 rings (SSSR count). The average Bonchev–Trinajstić information content (AvgIpc) is 3.01. The van der Waals surface area contributed by atoms with E-state index in [-0.39, 0.29) is 23.9 Å². The van der Waals surface area contributed by atoms with Crippen LogP contribution in [0.4, 0.5) is 0 Å². The van der Waals surface area contributed by atoms with Gasteiger partial charge in [-0.15, -0.1) is 0 Å². The molecule has 1 N–H and O–H groups in total. The first kappa shape index (κ1) is 21.0. The molecule has 1 aliphatic rings. The van der Waals surface area contributed by atoms with E-state index in [0.717, 1.165) is 31.2 Å². The van der Waals surface area contributed by atoms with Gasteiger partial charge in [0.1, 0.15) is 11.4 Å². The maximum Gasteiger partial charge on any atom is 0.273 e. The molecular weight excluding hydrogens is 362 g/mol. The van der Waals surface area contributed by atoms with E-state index in [0.29, 0.717) is 17.9 Å². The topological polar surface area (TPSA) is 62.3 Å². The molecule has 2 amide bonds. The van der Waals surface area contributed by atoms with Crippen molar-refractivity contribution in [3.63, 3.8) is 0 Å². The summed E-state index contributed by atoms with van der Waals surface area (Å²) in [7, 11) is 0. The normalized spacial score (nSPS) is 15.0. The molecule has 154 valence electrons. The van der Waals surface area contributed by atoms with E-state index in [9.17, 15) is 9.59 Å². The van der Waals surface area contributed by atoms with Gasteiger partial charge in [-0.1, -0.05) is 62.1 Å². The minimum atomic E-state index is -0.189. The minimum absolute atomic E-state index is 0.0213. The van der Waals surface area contributed by atoms with Gasteiger partial charge in [0.25, 0.3) is 11.8 Å². The zero-order chi connectivity index (χ0) is 20.6. The van der Waals surface area contributed by atoms with Crippen LogP contribution in [0.1, 0.15) is 78.9 Å². The van der Waals surface area contributed by atoms with Gasteiger partial charge in [0.2, 0.25) is 0 Å². The van der Waals surface area contributed by atoms with Gasteiger partial charge in [0.15, 0.2) is 0 Å². The third-order valence-corrected chi connectivity index (χ3v) is 5.47. The molecule has 1 aliphatic carbocycles. The van der Waals surface area contributed by atoms with E-state index in [2.05, 4.69) is 10.3 Å². The molecule has 0 saturated heterocycles. The van der Waals surface area contributed by atoms with E-state index in [1.54, 1.807) is 23.1 Å². The summed E-state index contributed by atoms with van der Waals surface area (Å²) in [6.45, 7) is 4.49. The number of nitrogens with one attached hydrogen (secondary N) is 1. The third-order valence-electron chi connectivity index (χ3n) is 5.47. The smallest absolute Gasteiger partial charge is 0.273 e. The number of hydrogen-bond donors (Lipinski definition) is 1. The number of amides is 2. The molecule has 1 aromatic carbocycles. The molecule has 0 unspecified atom stereocenters. The Labute approximate surface area is 173 Å². The van der Waals surface area contributed by atoms with Crippen LogP contribution in [-0.4, -0.2) is 33.8 Å². The number of hydrogen-bond acceptors (Lipinski definition) is 3. The van der Waals surface area contributed by atoms with Crippen molar-refractivity contribution < 1.29 is 9.59 Å². The standard InChI is InChI=1S/C24H31N3O2/c1-18(2)27(17-19-11-6-5-7-12-19)24(29)22-16-10-15-21(26-22)23(28)25-20-13-8-3-4-9-14-20/h5-7,10-12,15-16,18,20H,3-4,8-9,13-14,17H2,1-2H3,(H,25,28). The average molecular weight is 394 g/mol. The zero-order valence-electron chi connectivity index (χ0n) is 17.4. The Morgan fingerprint density at radius 2 is 1.62 bits per heavy atom. The highest BCUT2D eigenvalue weighted by Crippen LogP contribution is 2.18. The van der Waals surface area contributed by atoms with Crippen molar-refractivity contribution in [2.45, 2.75) is 71.0 Å². The van der Waals surface area contributed by atoms with Crippen molar-refractivity contribution in [1.29, 1.82) is 0 Å². The second kappa shape index (κ2) is 10.2. The summed E-state index contributed by atoms with van der Waals surface area (Å²) < 4.78 is 0. The van der Waals surface area contributed by atoms with Gasteiger partial charge >= 0.3 is 0 Å². The van der Waals surface area contributed by atoms with E-state index in [1.807, 2.05) is 44.2 Å². The maximum absolute atomic E-state index is 13.1. The highest BCUT2D eigenvalue weighted by Gasteiger charge is 2.22. The number of benzene rings is 1. The molecule has 1 fully saturated rings. The SMILES string of the molecule is CC(C)N(Cc1ccccc1)C(=O)c1cccc(C(=O)NC2CCCCCC2)n1. The fourth-order valence-corrected chi connectivity index (χ4v) is 3.78. The molecule has 0 spiro atoms. The number of nitrogens with zero attached hydrogens (tertiary/aromatic N) is 2. The van der Waals surface area contributed by atoms with E-state index in [4.69, 9.17) is 0 Å². The number of carbonyl (C=O) groups excluding carboxylic acids is 2. The molecular formula is C24H31N3O2. The first-order valence-corrected chi connectivity index (χ1v) is 10.7. The van der Waals surface area contributed by atoms with Gasteiger partial charge in [0.05, 0.1) is 0 Å². The second-order valence-corrected chi connectivity index (χ2v) is 8.08. The summed E-state index contributed by atoms with van der Waals surface area (Å²) in [5.74, 6) is -0.348. The third kappa shape index (κ3) is 5.89. The summed E-state index contributed by atoms with van der Waals surface area (Å²) in [6.07, 6.45) is 6.81. The van der Waals surface area contributed by atoms with Crippen molar-refractivity contribution in [2.75, 3.05) is 0 Å². The number of aromatic nitrogens is 1. The van der Waals surface area contributed by atoms with Crippen LogP contribution in [0.5, 0.6) is 0 Å². The number of carbonyl (C=O) groups is 2. The fraction of sp³-hybridized carbons (Fsp3) is 0.458. The van der Waals surface area contributed by atoms with Gasteiger partial charge in [-0.05, 0) is 44.4 Å². The van der Waals surface area contributed by atoms with Gasteiger partial charge < -0.3 is 10.2 Å². The highest BCUT2D eigenvalue weighted by atomic mass is 16.2. The largest absolute Gasteiger partial charge is 0.348 e. The minimum Gasteiger partial charge on any atom is -0.348 e. The van der Waals surface area contributed by atoms with Crippen LogP contribution in [0.15, 0.2) is 48.5 Å². The lowest BCUT2D eigenvalue weighted by molar-refractivity contribution is 0.0684. The summed E-state index contributed by atoms with van der Waals surface area (Å²) in [5, 5.41) is 3.11. The van der Waals surface area contributed by atoms with Crippen molar-refractivity contribution >= 4 is 11.8 Å². The van der Waals surface area contributed by atoms with E-state index < -0.39 is 0 Å². The number of pyridine rings is 1. The predicted molar refractivity (Wildman–Crippen MR) is 115 cm³/mol.